The van der Waals surface area contributed by atoms with E-state index in [1.807, 2.05) is 24.3 Å². The predicted molar refractivity (Wildman–Crippen MR) is 148 cm³/mol. The molecule has 0 unspecified atom stereocenters. The molecule has 0 saturated heterocycles. The van der Waals surface area contributed by atoms with Gasteiger partial charge in [0, 0.05) is 22.1 Å². The molecule has 2 aromatic rings. The van der Waals surface area contributed by atoms with Crippen molar-refractivity contribution in [2.75, 3.05) is 17.1 Å². The number of rotatable bonds is 9. The van der Waals surface area contributed by atoms with Crippen LogP contribution in [0.3, 0.4) is 0 Å². The maximum Gasteiger partial charge on any atom is 0.244 e. The van der Waals surface area contributed by atoms with Gasteiger partial charge in [0.05, 0.1) is 11.9 Å². The summed E-state index contributed by atoms with van der Waals surface area (Å²) in [7, 11) is -3.81. The molecule has 1 atom stereocenters. The molecule has 0 bridgehead atoms. The third kappa shape index (κ3) is 7.70. The molecule has 36 heavy (non-hydrogen) atoms. The summed E-state index contributed by atoms with van der Waals surface area (Å²) >= 11 is 9.59. The minimum atomic E-state index is -3.81. The maximum atomic E-state index is 13.7. The molecule has 0 heterocycles. The van der Waals surface area contributed by atoms with Crippen LogP contribution in [0, 0.1) is 6.92 Å². The van der Waals surface area contributed by atoms with Gasteiger partial charge in [-0.25, -0.2) is 8.42 Å². The Morgan fingerprint density at radius 1 is 1.14 bits per heavy atom. The van der Waals surface area contributed by atoms with E-state index in [-0.39, 0.29) is 18.5 Å². The van der Waals surface area contributed by atoms with Crippen LogP contribution in [0.5, 0.6) is 0 Å². The molecule has 0 aliphatic heterocycles. The number of benzene rings is 2. The number of aryl methyl sites for hydroxylation is 1. The number of hydrogen-bond acceptors (Lipinski definition) is 4. The lowest BCUT2D eigenvalue weighted by molar-refractivity contribution is -0.139. The molecular weight excluding hydrogens is 566 g/mol. The van der Waals surface area contributed by atoms with E-state index >= 15 is 0 Å². The van der Waals surface area contributed by atoms with Crippen molar-refractivity contribution in [3.8, 4) is 0 Å². The second-order valence-corrected chi connectivity index (χ2v) is 12.6. The number of carbonyl (C=O) groups is 2. The summed E-state index contributed by atoms with van der Waals surface area (Å²) < 4.78 is 27.4. The highest BCUT2D eigenvalue weighted by atomic mass is 79.9. The van der Waals surface area contributed by atoms with Gasteiger partial charge in [0.25, 0.3) is 0 Å². The van der Waals surface area contributed by atoms with Gasteiger partial charge < -0.3 is 10.2 Å². The maximum absolute atomic E-state index is 13.7. The van der Waals surface area contributed by atoms with Gasteiger partial charge in [0.1, 0.15) is 12.6 Å². The number of sulfonamides is 1. The number of nitrogens with zero attached hydrogens (tertiary/aromatic N) is 2. The second kappa shape index (κ2) is 12.4. The van der Waals surface area contributed by atoms with Crippen molar-refractivity contribution in [3.05, 3.63) is 63.1 Å². The van der Waals surface area contributed by atoms with Gasteiger partial charge in [0.2, 0.25) is 21.8 Å². The zero-order chi connectivity index (χ0) is 26.5. The largest absolute Gasteiger partial charge is 0.352 e. The second-order valence-electron chi connectivity index (χ2n) is 9.37. The average molecular weight is 599 g/mol. The Labute approximate surface area is 227 Å². The van der Waals surface area contributed by atoms with E-state index in [1.54, 1.807) is 26.0 Å². The van der Waals surface area contributed by atoms with Crippen LogP contribution in [0.25, 0.3) is 0 Å². The Balaban J connectivity index is 1.90. The van der Waals surface area contributed by atoms with Crippen LogP contribution in [0.2, 0.25) is 5.02 Å². The van der Waals surface area contributed by atoms with Crippen LogP contribution in [-0.2, 0) is 26.2 Å². The lowest BCUT2D eigenvalue weighted by atomic mass is 9.95. The number of anilines is 1. The van der Waals surface area contributed by atoms with Crippen LogP contribution in [0.15, 0.2) is 46.9 Å². The number of carbonyl (C=O) groups excluding carboxylic acids is 2. The summed E-state index contributed by atoms with van der Waals surface area (Å²) in [6.07, 6.45) is 6.21. The van der Waals surface area contributed by atoms with Crippen molar-refractivity contribution in [2.24, 2.45) is 0 Å². The number of halogens is 2. The molecule has 1 N–H and O–H groups in total. The first kappa shape index (κ1) is 28.5. The minimum Gasteiger partial charge on any atom is -0.352 e. The number of hydrogen-bond donors (Lipinski definition) is 1. The summed E-state index contributed by atoms with van der Waals surface area (Å²) in [5.41, 5.74) is 1.82. The van der Waals surface area contributed by atoms with E-state index in [9.17, 15) is 18.0 Å². The highest BCUT2D eigenvalue weighted by Crippen LogP contribution is 2.27. The molecule has 10 heteroatoms. The monoisotopic (exact) mass is 597 g/mol. The van der Waals surface area contributed by atoms with Gasteiger partial charge in [0.15, 0.2) is 0 Å². The van der Waals surface area contributed by atoms with E-state index in [4.69, 9.17) is 11.6 Å². The highest BCUT2D eigenvalue weighted by molar-refractivity contribution is 9.10. The van der Waals surface area contributed by atoms with Crippen LogP contribution in [0.4, 0.5) is 5.69 Å². The molecule has 2 amide bonds. The third-order valence-electron chi connectivity index (χ3n) is 6.48. The summed E-state index contributed by atoms with van der Waals surface area (Å²) in [5.74, 6) is -0.721. The molecule has 1 fully saturated rings. The smallest absolute Gasteiger partial charge is 0.244 e. The van der Waals surface area contributed by atoms with Gasteiger partial charge in [-0.1, -0.05) is 65.0 Å². The van der Waals surface area contributed by atoms with Crippen molar-refractivity contribution < 1.29 is 18.0 Å². The molecule has 7 nitrogen and oxygen atoms in total. The standard InChI is InChI=1S/C26H33BrClN3O4S/c1-18-12-13-22(28)15-24(18)31(36(3,34)35)17-25(32)30(16-20-8-7-9-21(27)14-20)19(2)26(33)29-23-10-5-4-6-11-23/h7-9,12-15,19,23H,4-6,10-11,16-17H2,1-3H3,(H,29,33)/t19-/m0/s1. The molecule has 2 aromatic carbocycles. The first-order valence-corrected chi connectivity index (χ1v) is 15.1. The number of nitrogens with one attached hydrogen (secondary N) is 1. The molecule has 1 aliphatic rings. The van der Waals surface area contributed by atoms with Gasteiger partial charge in [-0.2, -0.15) is 0 Å². The van der Waals surface area contributed by atoms with Crippen LogP contribution in [0.1, 0.15) is 50.2 Å². The summed E-state index contributed by atoms with van der Waals surface area (Å²) in [5, 5.41) is 3.46. The van der Waals surface area contributed by atoms with Crippen molar-refractivity contribution in [1.29, 1.82) is 0 Å². The molecule has 1 aliphatic carbocycles. The summed E-state index contributed by atoms with van der Waals surface area (Å²) in [6.45, 7) is 3.15. The Morgan fingerprint density at radius 2 is 1.83 bits per heavy atom. The predicted octanol–water partition coefficient (Wildman–Crippen LogP) is 5.04. The SMILES string of the molecule is Cc1ccc(Cl)cc1N(CC(=O)N(Cc1cccc(Br)c1)[C@@H](C)C(=O)NC1CCCCC1)S(C)(=O)=O. The highest BCUT2D eigenvalue weighted by Gasteiger charge is 2.31. The van der Waals surface area contributed by atoms with Crippen molar-refractivity contribution in [2.45, 2.75) is 64.6 Å². The average Bonchev–Trinajstić information content (AvgIpc) is 2.82. The van der Waals surface area contributed by atoms with Gasteiger partial charge in [-0.05, 0) is 62.1 Å². The quantitative estimate of drug-likeness (QED) is 0.438. The first-order chi connectivity index (χ1) is 17.0. The Bertz CT molecular complexity index is 1200. The molecule has 0 aromatic heterocycles. The third-order valence-corrected chi connectivity index (χ3v) is 8.33. The van der Waals surface area contributed by atoms with E-state index in [2.05, 4.69) is 21.2 Å². The van der Waals surface area contributed by atoms with Crippen LogP contribution >= 0.6 is 27.5 Å². The topological polar surface area (TPSA) is 86.8 Å². The van der Waals surface area contributed by atoms with Crippen LogP contribution < -0.4 is 9.62 Å². The molecule has 0 radical (unpaired) electrons. The fraction of sp³-hybridized carbons (Fsp3) is 0.462. The Hall–Kier alpha value is -2.10. The Morgan fingerprint density at radius 3 is 2.47 bits per heavy atom. The normalized spacial score (nSPS) is 15.2. The lowest BCUT2D eigenvalue weighted by Crippen LogP contribution is -2.53. The fourth-order valence-corrected chi connectivity index (χ4v) is 5.94. The van der Waals surface area contributed by atoms with Gasteiger partial charge in [-0.15, -0.1) is 0 Å². The molecule has 0 spiro atoms. The zero-order valence-electron chi connectivity index (χ0n) is 20.8. The molecule has 196 valence electrons. The van der Waals surface area contributed by atoms with E-state index in [0.29, 0.717) is 16.3 Å². The van der Waals surface area contributed by atoms with E-state index in [0.717, 1.165) is 46.3 Å². The molecule has 1 saturated carbocycles. The van der Waals surface area contributed by atoms with Crippen molar-refractivity contribution >= 4 is 55.1 Å². The lowest BCUT2D eigenvalue weighted by Gasteiger charge is -2.33. The molecule has 3 rings (SSSR count). The first-order valence-electron chi connectivity index (χ1n) is 12.0. The van der Waals surface area contributed by atoms with Crippen LogP contribution in [-0.4, -0.2) is 50.0 Å². The van der Waals surface area contributed by atoms with E-state index < -0.39 is 28.5 Å². The minimum absolute atomic E-state index is 0.0955. The number of amides is 2. The van der Waals surface area contributed by atoms with Crippen molar-refractivity contribution in [3.63, 3.8) is 0 Å². The molecular formula is C26H33BrClN3O4S. The van der Waals surface area contributed by atoms with E-state index in [1.165, 1.54) is 17.4 Å². The zero-order valence-corrected chi connectivity index (χ0v) is 24.0. The fourth-order valence-electron chi connectivity index (χ4n) is 4.43. The van der Waals surface area contributed by atoms with Gasteiger partial charge in [-0.3, -0.25) is 13.9 Å². The van der Waals surface area contributed by atoms with Gasteiger partial charge >= 0.3 is 0 Å². The van der Waals surface area contributed by atoms with Crippen molar-refractivity contribution in [1.82, 2.24) is 10.2 Å². The Kier molecular flexibility index (Phi) is 9.83. The summed E-state index contributed by atoms with van der Waals surface area (Å²) in [6, 6.07) is 11.7. The summed E-state index contributed by atoms with van der Waals surface area (Å²) in [4.78, 5) is 28.3.